The largest absolute Gasteiger partial charge is 0.475 e. The van der Waals surface area contributed by atoms with Crippen molar-refractivity contribution < 1.29 is 19.4 Å². The Kier molecular flexibility index (Phi) is 6.27. The average molecular weight is 533 g/mol. The quantitative estimate of drug-likeness (QED) is 0.359. The zero-order chi connectivity index (χ0) is 21.5. The average Bonchev–Trinajstić information content (AvgIpc) is 3.24. The van der Waals surface area contributed by atoms with Gasteiger partial charge < -0.3 is 14.7 Å². The second-order valence-corrected chi connectivity index (χ2v) is 9.74. The van der Waals surface area contributed by atoms with Gasteiger partial charge in [0.1, 0.15) is 14.3 Å². The molecule has 11 heteroatoms. The summed E-state index contributed by atoms with van der Waals surface area (Å²) in [4.78, 5) is 34.3. The third-order valence-electron chi connectivity index (χ3n) is 4.73. The van der Waals surface area contributed by atoms with E-state index in [1.165, 1.54) is 11.8 Å². The van der Waals surface area contributed by atoms with Crippen LogP contribution in [0.4, 0.5) is 4.79 Å². The first-order valence-corrected chi connectivity index (χ1v) is 11.6. The van der Waals surface area contributed by atoms with Crippen LogP contribution in [-0.4, -0.2) is 66.3 Å². The smallest absolute Gasteiger partial charge is 0.410 e. The summed E-state index contributed by atoms with van der Waals surface area (Å²) in [6.07, 6.45) is 3.18. The second kappa shape index (κ2) is 8.25. The molecule has 1 amide bonds. The van der Waals surface area contributed by atoms with Crippen LogP contribution in [0.25, 0.3) is 11.0 Å². The Hall–Kier alpha value is -1.63. The van der Waals surface area contributed by atoms with Gasteiger partial charge in [0.15, 0.2) is 5.65 Å². The molecule has 0 saturated carbocycles. The van der Waals surface area contributed by atoms with Crippen LogP contribution in [0.15, 0.2) is 5.03 Å². The van der Waals surface area contributed by atoms with Crippen LogP contribution in [0, 0.1) is 3.70 Å². The van der Waals surface area contributed by atoms with Crippen LogP contribution in [0.2, 0.25) is 0 Å². The van der Waals surface area contributed by atoms with E-state index in [0.29, 0.717) is 20.9 Å². The van der Waals surface area contributed by atoms with Gasteiger partial charge in [-0.05, 0) is 69.4 Å². The molecule has 1 aliphatic heterocycles. The lowest BCUT2D eigenvalue weighted by Crippen LogP contribution is -2.43. The molecule has 1 N–H and O–H groups in total. The van der Waals surface area contributed by atoms with Crippen LogP contribution in [0.3, 0.4) is 0 Å². The Bertz CT molecular complexity index is 958. The van der Waals surface area contributed by atoms with E-state index in [4.69, 9.17) is 4.74 Å². The Morgan fingerprint density at radius 2 is 2.03 bits per heavy atom. The summed E-state index contributed by atoms with van der Waals surface area (Å²) in [6.45, 7) is 8.12. The number of nitrogens with zero attached hydrogens (tertiary/aromatic N) is 5. The summed E-state index contributed by atoms with van der Waals surface area (Å²) in [6, 6.07) is -0.327. The minimum atomic E-state index is -1.19. The number of halogens is 1. The van der Waals surface area contributed by atoms with Crippen molar-refractivity contribution in [2.24, 2.45) is 0 Å². The number of carboxylic acid groups (broad SMARTS) is 1. The van der Waals surface area contributed by atoms with Crippen molar-refractivity contribution in [3.05, 3.63) is 9.53 Å². The Labute approximate surface area is 186 Å². The van der Waals surface area contributed by atoms with Gasteiger partial charge in [-0.2, -0.15) is 5.10 Å². The highest BCUT2D eigenvalue weighted by atomic mass is 127. The monoisotopic (exact) mass is 533 g/mol. The minimum absolute atomic E-state index is 0.121. The molecule has 9 nitrogen and oxygen atoms in total. The number of hydrogen-bond donors (Lipinski definition) is 1. The topological polar surface area (TPSA) is 110 Å². The number of aromatic carboxylic acids is 1. The van der Waals surface area contributed by atoms with Crippen molar-refractivity contribution >= 4 is 57.4 Å². The molecular weight excluding hydrogens is 509 g/mol. The van der Waals surface area contributed by atoms with Gasteiger partial charge >= 0.3 is 12.1 Å². The molecule has 3 heterocycles. The van der Waals surface area contributed by atoms with Crippen LogP contribution in [0.5, 0.6) is 0 Å². The standard InChI is InChI=1S/C18H24IN5O4S/c1-9(10-7-6-8-23(10)17(27)28-18(2,3)4)24-14-11(12(19)22-24)15(29-5)21-13(20-14)16(25)26/h9-10H,6-8H2,1-5H3,(H,25,26)/t9-,10-/m0/s1. The van der Waals surface area contributed by atoms with Gasteiger partial charge in [0.05, 0.1) is 17.5 Å². The van der Waals surface area contributed by atoms with E-state index in [1.54, 1.807) is 9.58 Å². The number of rotatable bonds is 4. The second-order valence-electron chi connectivity index (χ2n) is 7.92. The molecule has 1 aliphatic rings. The molecule has 1 saturated heterocycles. The number of fused-ring (bicyclic) bond motifs is 1. The van der Waals surface area contributed by atoms with E-state index in [1.807, 2.05) is 34.0 Å². The van der Waals surface area contributed by atoms with E-state index in [2.05, 4.69) is 37.7 Å². The Balaban J connectivity index is 2.02. The first kappa shape index (κ1) is 22.1. The summed E-state index contributed by atoms with van der Waals surface area (Å²) in [5.41, 5.74) is -0.104. The van der Waals surface area contributed by atoms with Crippen molar-refractivity contribution in [2.75, 3.05) is 12.8 Å². The fraction of sp³-hybridized carbons (Fsp3) is 0.611. The summed E-state index contributed by atoms with van der Waals surface area (Å²) in [5, 5.41) is 15.3. The van der Waals surface area contributed by atoms with Crippen molar-refractivity contribution in [2.45, 2.75) is 63.2 Å². The van der Waals surface area contributed by atoms with Gasteiger partial charge in [-0.1, -0.05) is 0 Å². The maximum atomic E-state index is 12.7. The SMILES string of the molecule is CSc1nc(C(=O)O)nc2c1c(I)nn2[C@@H](C)[C@@H]1CCCN1C(=O)OC(C)(C)C. The molecular formula is C18H24IN5O4S. The number of likely N-dealkylation sites (tertiary alicyclic amines) is 1. The molecule has 3 rings (SSSR count). The molecule has 29 heavy (non-hydrogen) atoms. The minimum Gasteiger partial charge on any atom is -0.475 e. The zero-order valence-electron chi connectivity index (χ0n) is 17.0. The fourth-order valence-electron chi connectivity index (χ4n) is 3.50. The third-order valence-corrected chi connectivity index (χ3v) is 6.17. The van der Waals surface area contributed by atoms with E-state index in [-0.39, 0.29) is 24.0 Å². The number of carbonyl (C=O) groups is 2. The van der Waals surface area contributed by atoms with E-state index >= 15 is 0 Å². The molecule has 0 bridgehead atoms. The van der Waals surface area contributed by atoms with Crippen LogP contribution >= 0.6 is 34.4 Å². The molecule has 0 radical (unpaired) electrons. The Morgan fingerprint density at radius 3 is 2.62 bits per heavy atom. The lowest BCUT2D eigenvalue weighted by Gasteiger charge is -2.31. The van der Waals surface area contributed by atoms with E-state index in [9.17, 15) is 14.7 Å². The number of carbonyl (C=O) groups excluding carboxylic acids is 1. The van der Waals surface area contributed by atoms with Gasteiger partial charge in [0, 0.05) is 6.54 Å². The number of thioether (sulfide) groups is 1. The third kappa shape index (κ3) is 4.44. The predicted octanol–water partition coefficient (Wildman–Crippen LogP) is 3.81. The highest BCUT2D eigenvalue weighted by Crippen LogP contribution is 2.34. The van der Waals surface area contributed by atoms with Gasteiger partial charge in [-0.15, -0.1) is 11.8 Å². The number of carboxylic acids is 1. The van der Waals surface area contributed by atoms with Gasteiger partial charge in [-0.3, -0.25) is 0 Å². The molecule has 2 aromatic rings. The van der Waals surface area contributed by atoms with Crippen molar-refractivity contribution in [1.29, 1.82) is 0 Å². The normalized spacial score (nSPS) is 18.3. The van der Waals surface area contributed by atoms with E-state index < -0.39 is 11.6 Å². The molecule has 0 aromatic carbocycles. The molecule has 2 aromatic heterocycles. The van der Waals surface area contributed by atoms with Gasteiger partial charge in [-0.25, -0.2) is 24.2 Å². The lowest BCUT2D eigenvalue weighted by atomic mass is 10.1. The summed E-state index contributed by atoms with van der Waals surface area (Å²) in [5.74, 6) is -1.45. The highest BCUT2D eigenvalue weighted by Gasteiger charge is 2.37. The Morgan fingerprint density at radius 1 is 1.34 bits per heavy atom. The maximum absolute atomic E-state index is 12.7. The van der Waals surface area contributed by atoms with Gasteiger partial charge in [0.25, 0.3) is 0 Å². The summed E-state index contributed by atoms with van der Waals surface area (Å²) >= 11 is 3.47. The molecule has 0 spiro atoms. The molecule has 0 aliphatic carbocycles. The lowest BCUT2D eigenvalue weighted by molar-refractivity contribution is 0.0185. The molecule has 158 valence electrons. The zero-order valence-corrected chi connectivity index (χ0v) is 19.9. The summed E-state index contributed by atoms with van der Waals surface area (Å²) < 4.78 is 7.99. The van der Waals surface area contributed by atoms with Crippen LogP contribution < -0.4 is 0 Å². The maximum Gasteiger partial charge on any atom is 0.410 e. The van der Waals surface area contributed by atoms with Crippen molar-refractivity contribution in [3.63, 3.8) is 0 Å². The highest BCUT2D eigenvalue weighted by molar-refractivity contribution is 14.1. The van der Waals surface area contributed by atoms with E-state index in [0.717, 1.165) is 18.2 Å². The number of amides is 1. The predicted molar refractivity (Wildman–Crippen MR) is 117 cm³/mol. The first-order chi connectivity index (χ1) is 13.5. The molecule has 0 unspecified atom stereocenters. The number of aromatic nitrogens is 4. The number of hydrogen-bond acceptors (Lipinski definition) is 7. The number of ether oxygens (including phenoxy) is 1. The van der Waals surface area contributed by atoms with Crippen LogP contribution in [-0.2, 0) is 4.74 Å². The first-order valence-electron chi connectivity index (χ1n) is 9.26. The molecule has 2 atom stereocenters. The van der Waals surface area contributed by atoms with Gasteiger partial charge in [0.2, 0.25) is 5.82 Å². The van der Waals surface area contributed by atoms with Crippen molar-refractivity contribution in [3.8, 4) is 0 Å². The fourth-order valence-corrected chi connectivity index (χ4v) is 4.98. The van der Waals surface area contributed by atoms with Crippen molar-refractivity contribution in [1.82, 2.24) is 24.6 Å². The molecule has 1 fully saturated rings. The van der Waals surface area contributed by atoms with Crippen LogP contribution in [0.1, 0.15) is 57.2 Å². The summed E-state index contributed by atoms with van der Waals surface area (Å²) in [7, 11) is 0.